The molecule has 1 fully saturated rings. The molecule has 2 heterocycles. The Balaban J connectivity index is 2.42. The van der Waals surface area contributed by atoms with Crippen LogP contribution in [-0.2, 0) is 0 Å². The number of hydrogen-bond donors (Lipinski definition) is 0. The van der Waals surface area contributed by atoms with Gasteiger partial charge in [0.25, 0.3) is 0 Å². The average Bonchev–Trinajstić information content (AvgIpc) is 1.88. The summed E-state index contributed by atoms with van der Waals surface area (Å²) in [5.41, 5.74) is 0. The first kappa shape index (κ1) is 2.80. The molecule has 0 aromatic carbocycles. The van der Waals surface area contributed by atoms with Gasteiger partial charge in [-0.3, -0.25) is 4.48 Å². The lowest BCUT2D eigenvalue weighted by molar-refractivity contribution is -0.745. The van der Waals surface area contributed by atoms with Gasteiger partial charge in [0.05, 0.1) is 13.2 Å². The van der Waals surface area contributed by atoms with E-state index < -0.39 is 0 Å². The minimum Gasteiger partial charge on any atom is -0.284 e. The molecule has 2 aliphatic heterocycles. The molecular weight excluding hydrogens is 74.1 g/mol. The van der Waals surface area contributed by atoms with Crippen LogP contribution in [-0.4, -0.2) is 24.1 Å². The minimum absolute atomic E-state index is 0.935. The van der Waals surface area contributed by atoms with Crippen LogP contribution >= 0.6 is 0 Å². The second-order valence-corrected chi connectivity index (χ2v) is 2.44. The first-order valence-electron chi connectivity index (χ1n) is 2.35. The molecule has 0 aromatic heterocycles. The van der Waals surface area contributed by atoms with Gasteiger partial charge < -0.3 is 0 Å². The van der Waals surface area contributed by atoms with E-state index in [1.165, 1.54) is 11.0 Å². The van der Waals surface area contributed by atoms with Crippen molar-refractivity contribution in [1.82, 2.24) is 0 Å². The third kappa shape index (κ3) is 0.125. The highest BCUT2D eigenvalue weighted by Crippen LogP contribution is 2.37. The fourth-order valence-corrected chi connectivity index (χ4v) is 0.979. The molecule has 0 bridgehead atoms. The zero-order valence-electron chi connectivity index (χ0n) is 3.89. The van der Waals surface area contributed by atoms with E-state index >= 15 is 0 Å². The fourth-order valence-electron chi connectivity index (χ4n) is 0.979. The summed E-state index contributed by atoms with van der Waals surface area (Å²) >= 11 is 0. The summed E-state index contributed by atoms with van der Waals surface area (Å²) in [6.07, 6.45) is 4.53. The van der Waals surface area contributed by atoms with E-state index in [1.54, 1.807) is 0 Å². The highest BCUT2D eigenvalue weighted by molar-refractivity contribution is 5.05. The molecule has 0 saturated carbocycles. The van der Waals surface area contributed by atoms with Gasteiger partial charge in [0.2, 0.25) is 0 Å². The summed E-state index contributed by atoms with van der Waals surface area (Å²) < 4.78 is 1.24. The summed E-state index contributed by atoms with van der Waals surface area (Å²) in [7, 11) is 2.25. The van der Waals surface area contributed by atoms with Crippen LogP contribution in [0.3, 0.4) is 0 Å². The van der Waals surface area contributed by atoms with Gasteiger partial charge >= 0.3 is 0 Å². The predicted octanol–water partition coefficient (Wildman–Crippen LogP) is 0.342. The number of quaternary nitrogens is 1. The van der Waals surface area contributed by atoms with Crippen LogP contribution in [0.1, 0.15) is 0 Å². The largest absolute Gasteiger partial charge is 0.284 e. The number of likely N-dealkylation sites (N-methyl/N-ethyl adjacent to an activating group) is 1. The maximum Gasteiger partial charge on any atom is 0.167 e. The standard InChI is InChI=1S/C5H8N/c1-6-3-2-5(6)4-6/h2-3,5H,4H2,1H3/q+1. The van der Waals surface area contributed by atoms with Gasteiger partial charge in [0, 0.05) is 6.08 Å². The molecule has 2 atom stereocenters. The molecule has 1 heteroatoms. The molecule has 1 saturated heterocycles. The lowest BCUT2D eigenvalue weighted by atomic mass is 10.4. The van der Waals surface area contributed by atoms with Crippen molar-refractivity contribution >= 4 is 0 Å². The Morgan fingerprint density at radius 3 is 2.50 bits per heavy atom. The molecule has 2 unspecified atom stereocenters. The maximum absolute atomic E-state index is 2.28. The molecule has 0 amide bonds. The summed E-state index contributed by atoms with van der Waals surface area (Å²) in [6, 6.07) is 0.935. The highest BCUT2D eigenvalue weighted by Gasteiger charge is 2.54. The summed E-state index contributed by atoms with van der Waals surface area (Å²) in [5, 5.41) is 0. The van der Waals surface area contributed by atoms with Gasteiger partial charge in [-0.15, -0.1) is 0 Å². The molecule has 0 aromatic rings. The first-order chi connectivity index (χ1) is 2.81. The van der Waals surface area contributed by atoms with Gasteiger partial charge in [-0.25, -0.2) is 0 Å². The third-order valence-electron chi connectivity index (χ3n) is 1.85. The summed E-state index contributed by atoms with van der Waals surface area (Å²) in [5.74, 6) is 0. The molecule has 1 nitrogen and oxygen atoms in total. The second-order valence-electron chi connectivity index (χ2n) is 2.44. The Kier molecular flexibility index (Phi) is 0.220. The van der Waals surface area contributed by atoms with Crippen molar-refractivity contribution in [3.63, 3.8) is 0 Å². The van der Waals surface area contributed by atoms with Crippen molar-refractivity contribution < 1.29 is 4.48 Å². The molecule has 32 valence electrons. The second kappa shape index (κ2) is 0.470. The molecule has 0 spiro atoms. The van der Waals surface area contributed by atoms with Crippen LogP contribution in [0.2, 0.25) is 0 Å². The van der Waals surface area contributed by atoms with Gasteiger partial charge in [-0.05, 0) is 0 Å². The topological polar surface area (TPSA) is 0 Å². The molecular formula is C5H8N+. The zero-order chi connectivity index (χ0) is 4.20. The summed E-state index contributed by atoms with van der Waals surface area (Å²) in [6.45, 7) is 1.38. The van der Waals surface area contributed by atoms with E-state index in [1.807, 2.05) is 0 Å². The van der Waals surface area contributed by atoms with Crippen LogP contribution in [0, 0.1) is 0 Å². The van der Waals surface area contributed by atoms with Crippen molar-refractivity contribution in [2.45, 2.75) is 6.04 Å². The summed E-state index contributed by atoms with van der Waals surface area (Å²) in [4.78, 5) is 0. The Hall–Kier alpha value is -0.300. The average molecular weight is 82.1 g/mol. The highest BCUT2D eigenvalue weighted by atomic mass is 15.5. The molecule has 0 radical (unpaired) electrons. The molecule has 0 N–H and O–H groups in total. The van der Waals surface area contributed by atoms with E-state index in [9.17, 15) is 0 Å². The molecule has 2 aliphatic rings. The van der Waals surface area contributed by atoms with Crippen LogP contribution < -0.4 is 0 Å². The quantitative estimate of drug-likeness (QED) is 0.292. The SMILES string of the molecule is C[N+]12C=CC1C2. The van der Waals surface area contributed by atoms with E-state index in [4.69, 9.17) is 0 Å². The van der Waals surface area contributed by atoms with Crippen LogP contribution in [0.4, 0.5) is 0 Å². The Morgan fingerprint density at radius 2 is 2.50 bits per heavy atom. The number of fused-ring (bicyclic) bond motifs is 1. The molecule has 0 aliphatic carbocycles. The predicted molar refractivity (Wildman–Crippen MR) is 24.0 cm³/mol. The number of rotatable bonds is 0. The molecule has 6 heavy (non-hydrogen) atoms. The van der Waals surface area contributed by atoms with Crippen LogP contribution in [0.15, 0.2) is 12.3 Å². The van der Waals surface area contributed by atoms with Crippen LogP contribution in [0.25, 0.3) is 0 Å². The number of hydrogen-bond acceptors (Lipinski definition) is 0. The van der Waals surface area contributed by atoms with E-state index in [0.717, 1.165) is 6.04 Å². The maximum atomic E-state index is 2.28. The first-order valence-corrected chi connectivity index (χ1v) is 2.35. The number of nitrogens with zero attached hydrogens (tertiary/aromatic N) is 1. The van der Waals surface area contributed by atoms with E-state index in [0.29, 0.717) is 0 Å². The Bertz CT molecular complexity index is 117. The van der Waals surface area contributed by atoms with Crippen LogP contribution in [0.5, 0.6) is 0 Å². The van der Waals surface area contributed by atoms with Crippen molar-refractivity contribution in [2.75, 3.05) is 13.6 Å². The van der Waals surface area contributed by atoms with Gasteiger partial charge in [-0.2, -0.15) is 0 Å². The van der Waals surface area contributed by atoms with E-state index in [2.05, 4.69) is 19.3 Å². The lowest BCUT2D eigenvalue weighted by Crippen LogP contribution is -2.20. The minimum atomic E-state index is 0.935. The fraction of sp³-hybridized carbons (Fsp3) is 0.600. The smallest absolute Gasteiger partial charge is 0.167 e. The Morgan fingerprint density at radius 1 is 1.83 bits per heavy atom. The van der Waals surface area contributed by atoms with Crippen molar-refractivity contribution in [3.8, 4) is 0 Å². The van der Waals surface area contributed by atoms with Gasteiger partial charge in [-0.1, -0.05) is 0 Å². The lowest BCUT2D eigenvalue weighted by Gasteiger charge is -2.10. The monoisotopic (exact) mass is 82.1 g/mol. The van der Waals surface area contributed by atoms with Crippen molar-refractivity contribution in [1.29, 1.82) is 0 Å². The van der Waals surface area contributed by atoms with Gasteiger partial charge in [0.1, 0.15) is 6.54 Å². The normalized spacial score (nSPS) is 59.8. The van der Waals surface area contributed by atoms with E-state index in [-0.39, 0.29) is 0 Å². The van der Waals surface area contributed by atoms with Crippen molar-refractivity contribution in [2.24, 2.45) is 0 Å². The third-order valence-corrected chi connectivity index (χ3v) is 1.85. The van der Waals surface area contributed by atoms with Crippen molar-refractivity contribution in [3.05, 3.63) is 12.3 Å². The Labute approximate surface area is 37.5 Å². The zero-order valence-corrected chi connectivity index (χ0v) is 3.89. The molecule has 2 rings (SSSR count). The van der Waals surface area contributed by atoms with Gasteiger partial charge in [0.15, 0.2) is 6.04 Å².